The minimum Gasteiger partial charge on any atom is -0.325 e. The van der Waals surface area contributed by atoms with Crippen molar-refractivity contribution in [2.45, 2.75) is 13.8 Å². The van der Waals surface area contributed by atoms with Gasteiger partial charge in [-0.1, -0.05) is 72.8 Å². The summed E-state index contributed by atoms with van der Waals surface area (Å²) in [5.41, 5.74) is 2.90. The second-order valence-corrected chi connectivity index (χ2v) is 9.19. The molecule has 1 amide bonds. The Morgan fingerprint density at radius 1 is 0.808 bits per heavy atom. The predicted molar refractivity (Wildman–Crippen MR) is 109 cm³/mol. The molecule has 0 fully saturated rings. The van der Waals surface area contributed by atoms with Crippen molar-refractivity contribution in [2.75, 3.05) is 11.5 Å². The lowest BCUT2D eigenvalue weighted by atomic mass is 10.1. The molecule has 0 saturated heterocycles. The van der Waals surface area contributed by atoms with Crippen LogP contribution in [-0.4, -0.2) is 12.1 Å². The molecule has 1 N–H and O–H groups in total. The van der Waals surface area contributed by atoms with Crippen molar-refractivity contribution in [1.29, 1.82) is 0 Å². The summed E-state index contributed by atoms with van der Waals surface area (Å²) < 4.78 is 13.9. The van der Waals surface area contributed by atoms with Crippen LogP contribution in [0, 0.1) is 13.8 Å². The number of anilines is 1. The molecule has 0 heterocycles. The molecule has 0 aromatic heterocycles. The number of carbonyl (C=O) groups excluding carboxylic acids is 1. The van der Waals surface area contributed by atoms with Crippen LogP contribution in [0.15, 0.2) is 78.9 Å². The lowest BCUT2D eigenvalue weighted by Gasteiger charge is -2.19. The molecule has 0 aliphatic carbocycles. The van der Waals surface area contributed by atoms with Gasteiger partial charge in [-0.25, -0.2) is 0 Å². The molecule has 0 saturated carbocycles. The van der Waals surface area contributed by atoms with Crippen molar-refractivity contribution in [1.82, 2.24) is 0 Å². The first-order valence-corrected chi connectivity index (χ1v) is 10.5. The van der Waals surface area contributed by atoms with Crippen LogP contribution in [0.3, 0.4) is 0 Å². The molecular weight excluding hydrogens is 341 g/mol. The van der Waals surface area contributed by atoms with Crippen LogP contribution in [-0.2, 0) is 9.36 Å². The standard InChI is InChI=1S/C22H22NO2P/c1-17-10-9-15-21(18(17)2)23-22(24)16-26(25,19-11-5-3-6-12-19)20-13-7-4-8-14-20/h3-15H,16H2,1-2H3,(H,23,24). The highest BCUT2D eigenvalue weighted by atomic mass is 31.2. The van der Waals surface area contributed by atoms with Crippen LogP contribution in [0.4, 0.5) is 5.69 Å². The molecule has 26 heavy (non-hydrogen) atoms. The fourth-order valence-electron chi connectivity index (χ4n) is 2.95. The average Bonchev–Trinajstić information content (AvgIpc) is 2.67. The Bertz CT molecular complexity index is 909. The summed E-state index contributed by atoms with van der Waals surface area (Å²) in [5, 5.41) is 4.33. The van der Waals surface area contributed by atoms with Gasteiger partial charge in [0, 0.05) is 16.3 Å². The lowest BCUT2D eigenvalue weighted by molar-refractivity contribution is -0.113. The van der Waals surface area contributed by atoms with Crippen molar-refractivity contribution in [3.63, 3.8) is 0 Å². The summed E-state index contributed by atoms with van der Waals surface area (Å²) in [6, 6.07) is 24.3. The second-order valence-electron chi connectivity index (χ2n) is 6.36. The van der Waals surface area contributed by atoms with E-state index in [1.807, 2.05) is 92.7 Å². The van der Waals surface area contributed by atoms with Gasteiger partial charge in [0.2, 0.25) is 5.91 Å². The van der Waals surface area contributed by atoms with Crippen LogP contribution in [0.5, 0.6) is 0 Å². The van der Waals surface area contributed by atoms with Gasteiger partial charge in [-0.3, -0.25) is 4.79 Å². The van der Waals surface area contributed by atoms with E-state index in [2.05, 4.69) is 5.32 Å². The first kappa shape index (κ1) is 18.2. The van der Waals surface area contributed by atoms with Crippen molar-refractivity contribution < 1.29 is 9.36 Å². The number of amides is 1. The van der Waals surface area contributed by atoms with Crippen LogP contribution in [0.25, 0.3) is 0 Å². The van der Waals surface area contributed by atoms with Gasteiger partial charge in [0.05, 0.1) is 6.16 Å². The van der Waals surface area contributed by atoms with Gasteiger partial charge in [0.15, 0.2) is 7.14 Å². The molecule has 0 radical (unpaired) electrons. The van der Waals surface area contributed by atoms with E-state index >= 15 is 0 Å². The molecule has 0 aliphatic heterocycles. The maximum atomic E-state index is 13.9. The first-order valence-electron chi connectivity index (χ1n) is 8.57. The summed E-state index contributed by atoms with van der Waals surface area (Å²) in [6.45, 7) is 3.97. The summed E-state index contributed by atoms with van der Waals surface area (Å²) in [5.74, 6) is -0.241. The maximum absolute atomic E-state index is 13.9. The average molecular weight is 363 g/mol. The number of carbonyl (C=O) groups is 1. The quantitative estimate of drug-likeness (QED) is 0.689. The van der Waals surface area contributed by atoms with Crippen LogP contribution in [0.1, 0.15) is 11.1 Å². The predicted octanol–water partition coefficient (Wildman–Crippen LogP) is 4.26. The van der Waals surface area contributed by atoms with Crippen molar-refractivity contribution in [3.8, 4) is 0 Å². The Hall–Kier alpha value is -2.64. The van der Waals surface area contributed by atoms with Gasteiger partial charge in [0.25, 0.3) is 0 Å². The molecule has 0 bridgehead atoms. The van der Waals surface area contributed by atoms with Gasteiger partial charge in [0.1, 0.15) is 0 Å². The van der Waals surface area contributed by atoms with Crippen LogP contribution < -0.4 is 15.9 Å². The highest BCUT2D eigenvalue weighted by molar-refractivity contribution is 7.79. The minimum absolute atomic E-state index is 0.0611. The number of rotatable bonds is 5. The number of nitrogens with one attached hydrogen (secondary N) is 1. The highest BCUT2D eigenvalue weighted by Crippen LogP contribution is 2.43. The van der Waals surface area contributed by atoms with E-state index in [0.717, 1.165) is 16.8 Å². The number of hydrogen-bond acceptors (Lipinski definition) is 2. The molecular formula is C22H22NO2P. The van der Waals surface area contributed by atoms with Gasteiger partial charge in [-0.2, -0.15) is 0 Å². The van der Waals surface area contributed by atoms with E-state index in [4.69, 9.17) is 0 Å². The molecule has 4 heteroatoms. The Balaban J connectivity index is 1.93. The highest BCUT2D eigenvalue weighted by Gasteiger charge is 2.30. The van der Waals surface area contributed by atoms with E-state index in [0.29, 0.717) is 10.6 Å². The van der Waals surface area contributed by atoms with E-state index in [1.54, 1.807) is 0 Å². The molecule has 0 spiro atoms. The van der Waals surface area contributed by atoms with Crippen molar-refractivity contribution in [3.05, 3.63) is 90.0 Å². The van der Waals surface area contributed by atoms with Crippen molar-refractivity contribution >= 4 is 29.3 Å². The number of benzene rings is 3. The lowest BCUT2D eigenvalue weighted by Crippen LogP contribution is -2.26. The maximum Gasteiger partial charge on any atom is 0.232 e. The third kappa shape index (κ3) is 3.79. The Morgan fingerprint density at radius 2 is 1.35 bits per heavy atom. The first-order chi connectivity index (χ1) is 12.5. The van der Waals surface area contributed by atoms with Crippen LogP contribution in [0.2, 0.25) is 0 Å². The third-order valence-electron chi connectivity index (χ3n) is 4.59. The smallest absolute Gasteiger partial charge is 0.232 e. The summed E-state index contributed by atoms with van der Waals surface area (Å²) in [4.78, 5) is 12.8. The number of aryl methyl sites for hydroxylation is 1. The SMILES string of the molecule is Cc1cccc(NC(=O)CP(=O)(c2ccccc2)c2ccccc2)c1C. The zero-order valence-electron chi connectivity index (χ0n) is 15.0. The largest absolute Gasteiger partial charge is 0.325 e. The fourth-order valence-corrected chi connectivity index (χ4v) is 5.40. The fraction of sp³-hybridized carbons (Fsp3) is 0.136. The summed E-state index contributed by atoms with van der Waals surface area (Å²) in [6.07, 6.45) is -0.0611. The van der Waals surface area contributed by atoms with Gasteiger partial charge >= 0.3 is 0 Å². The van der Waals surface area contributed by atoms with Gasteiger partial charge in [-0.05, 0) is 31.0 Å². The van der Waals surface area contributed by atoms with E-state index in [-0.39, 0.29) is 12.1 Å². The minimum atomic E-state index is -3.06. The molecule has 3 nitrogen and oxygen atoms in total. The molecule has 3 rings (SSSR count). The normalized spacial score (nSPS) is 11.2. The zero-order chi connectivity index (χ0) is 18.6. The Labute approximate surface area is 154 Å². The molecule has 132 valence electrons. The van der Waals surface area contributed by atoms with Crippen molar-refractivity contribution in [2.24, 2.45) is 0 Å². The second kappa shape index (κ2) is 7.72. The monoisotopic (exact) mass is 363 g/mol. The topological polar surface area (TPSA) is 46.2 Å². The summed E-state index contributed by atoms with van der Waals surface area (Å²) >= 11 is 0. The molecule has 0 aliphatic rings. The van der Waals surface area contributed by atoms with Crippen LogP contribution >= 0.6 is 7.14 Å². The number of hydrogen-bond donors (Lipinski definition) is 1. The van der Waals surface area contributed by atoms with Gasteiger partial charge < -0.3 is 9.88 Å². The Kier molecular flexibility index (Phi) is 5.39. The molecule has 3 aromatic carbocycles. The summed E-state index contributed by atoms with van der Waals surface area (Å²) in [7, 11) is -3.06. The molecule has 3 aromatic rings. The third-order valence-corrected chi connectivity index (χ3v) is 7.59. The zero-order valence-corrected chi connectivity index (χ0v) is 15.9. The Morgan fingerprint density at radius 3 is 1.88 bits per heavy atom. The molecule has 0 atom stereocenters. The van der Waals surface area contributed by atoms with E-state index in [9.17, 15) is 9.36 Å². The molecule has 0 unspecified atom stereocenters. The van der Waals surface area contributed by atoms with E-state index < -0.39 is 7.14 Å². The van der Waals surface area contributed by atoms with E-state index in [1.165, 1.54) is 0 Å². The van der Waals surface area contributed by atoms with Gasteiger partial charge in [-0.15, -0.1) is 0 Å².